The molecule has 0 aliphatic heterocycles. The highest BCUT2D eigenvalue weighted by Crippen LogP contribution is 2.10. The second-order valence-corrected chi connectivity index (χ2v) is 3.85. The molecule has 0 unspecified atom stereocenters. The Bertz CT molecular complexity index is 74.2. The fraction of sp³-hybridized carbons (Fsp3) is 0.750. The van der Waals surface area contributed by atoms with Gasteiger partial charge in [0.1, 0.15) is 0 Å². The summed E-state index contributed by atoms with van der Waals surface area (Å²) in [6.07, 6.45) is 1.41. The molecule has 0 saturated heterocycles. The van der Waals surface area contributed by atoms with Crippen LogP contribution in [0, 0.1) is 0 Å². The fourth-order valence-corrected chi connectivity index (χ4v) is 0.229. The lowest BCUT2D eigenvalue weighted by atomic mass is 10.2. The molecule has 0 amide bonds. The molecule has 0 heterocycles. The Hall–Kier alpha value is -0.0500. The first kappa shape index (κ1) is 6.95. The molecular weight excluding hydrogens is 158 g/mol. The van der Waals surface area contributed by atoms with Crippen LogP contribution in [0.4, 0.5) is 0 Å². The zero-order chi connectivity index (χ0) is 5.91. The van der Waals surface area contributed by atoms with E-state index in [0.29, 0.717) is 0 Å². The van der Waals surface area contributed by atoms with E-state index in [1.165, 1.54) is 6.21 Å². The summed E-state index contributed by atoms with van der Waals surface area (Å²) in [5.41, 5.74) is 0. The molecule has 0 aliphatic rings. The minimum Gasteiger partial charge on any atom is -0.411 e. The Morgan fingerprint density at radius 2 is 2.14 bits per heavy atom. The Morgan fingerprint density at radius 3 is 2.14 bits per heavy atom. The summed E-state index contributed by atoms with van der Waals surface area (Å²) in [5.74, 6) is 0. The average Bonchev–Trinajstić information content (AvgIpc) is 1.30. The van der Waals surface area contributed by atoms with Gasteiger partial charge in [-0.25, -0.2) is 0 Å². The third-order valence-electron chi connectivity index (χ3n) is 0.365. The Balaban J connectivity index is 3.56. The molecule has 0 aromatic carbocycles. The van der Waals surface area contributed by atoms with Gasteiger partial charge in [0.05, 0.1) is 10.5 Å². The highest BCUT2D eigenvalue weighted by Gasteiger charge is 2.06. The number of halogens is 1. The first-order valence-electron chi connectivity index (χ1n) is 1.94. The van der Waals surface area contributed by atoms with E-state index in [2.05, 4.69) is 21.1 Å². The Morgan fingerprint density at radius 1 is 1.71 bits per heavy atom. The second kappa shape index (κ2) is 2.31. The summed E-state index contributed by atoms with van der Waals surface area (Å²) in [6.45, 7) is 3.76. The zero-order valence-corrected chi connectivity index (χ0v) is 5.94. The maximum Gasteiger partial charge on any atom is 0.0597 e. The smallest absolute Gasteiger partial charge is 0.0597 e. The first-order chi connectivity index (χ1) is 3.06. The van der Waals surface area contributed by atoms with Gasteiger partial charge in [-0.15, -0.1) is 5.16 Å². The molecular formula is C4H8BrNO. The van der Waals surface area contributed by atoms with Crippen molar-refractivity contribution in [3.05, 3.63) is 0 Å². The van der Waals surface area contributed by atoms with Crippen molar-refractivity contribution < 1.29 is 5.21 Å². The second-order valence-electron chi connectivity index (χ2n) is 1.81. The quantitative estimate of drug-likeness (QED) is 0.273. The molecule has 1 N–H and O–H groups in total. The molecule has 3 heteroatoms. The van der Waals surface area contributed by atoms with Gasteiger partial charge in [0.25, 0.3) is 0 Å². The monoisotopic (exact) mass is 165 g/mol. The topological polar surface area (TPSA) is 32.6 Å². The van der Waals surface area contributed by atoms with Gasteiger partial charge in [-0.1, -0.05) is 15.9 Å². The molecule has 0 spiro atoms. The van der Waals surface area contributed by atoms with Gasteiger partial charge in [0, 0.05) is 0 Å². The van der Waals surface area contributed by atoms with E-state index in [1.54, 1.807) is 0 Å². The van der Waals surface area contributed by atoms with Crippen LogP contribution in [-0.4, -0.2) is 15.7 Å². The molecule has 0 rings (SSSR count). The highest BCUT2D eigenvalue weighted by molar-refractivity contribution is 9.10. The van der Waals surface area contributed by atoms with E-state index < -0.39 is 0 Å². The number of alkyl halides is 1. The van der Waals surface area contributed by atoms with Crippen molar-refractivity contribution in [1.29, 1.82) is 0 Å². The van der Waals surface area contributed by atoms with Gasteiger partial charge in [-0.05, 0) is 13.8 Å². The fourth-order valence-electron chi connectivity index (χ4n) is 0.137. The number of oxime groups is 1. The largest absolute Gasteiger partial charge is 0.411 e. The minimum atomic E-state index is -0.179. The number of rotatable bonds is 1. The van der Waals surface area contributed by atoms with Gasteiger partial charge in [-0.2, -0.15) is 0 Å². The standard InChI is InChI=1S/C4H8BrNO/c1-4(2,5)3-6-7/h3,7H,1-2H3/b6-3+. The van der Waals surface area contributed by atoms with Crippen LogP contribution in [0.3, 0.4) is 0 Å². The van der Waals surface area contributed by atoms with Crippen LogP contribution in [-0.2, 0) is 0 Å². The lowest BCUT2D eigenvalue weighted by Crippen LogP contribution is -2.09. The molecule has 0 aromatic rings. The van der Waals surface area contributed by atoms with Crippen molar-refractivity contribution in [2.24, 2.45) is 5.16 Å². The van der Waals surface area contributed by atoms with E-state index in [4.69, 9.17) is 5.21 Å². The van der Waals surface area contributed by atoms with Crippen LogP contribution in [0.2, 0.25) is 0 Å². The molecule has 0 radical (unpaired) electrons. The summed E-state index contributed by atoms with van der Waals surface area (Å²) in [6, 6.07) is 0. The lowest BCUT2D eigenvalue weighted by Gasteiger charge is -2.04. The highest BCUT2D eigenvalue weighted by atomic mass is 79.9. The lowest BCUT2D eigenvalue weighted by molar-refractivity contribution is 0.320. The Kier molecular flexibility index (Phi) is 2.29. The molecule has 0 aromatic heterocycles. The SMILES string of the molecule is CC(C)(Br)/C=N/O. The number of hydrogen-bond acceptors (Lipinski definition) is 2. The third kappa shape index (κ3) is 5.95. The van der Waals surface area contributed by atoms with Gasteiger partial charge in [0.2, 0.25) is 0 Å². The summed E-state index contributed by atoms with van der Waals surface area (Å²) < 4.78 is -0.179. The molecule has 0 bridgehead atoms. The molecule has 0 aliphatic carbocycles. The van der Waals surface area contributed by atoms with Crippen molar-refractivity contribution in [2.45, 2.75) is 18.2 Å². The van der Waals surface area contributed by atoms with Gasteiger partial charge < -0.3 is 5.21 Å². The molecule has 7 heavy (non-hydrogen) atoms. The van der Waals surface area contributed by atoms with Gasteiger partial charge in [0.15, 0.2) is 0 Å². The van der Waals surface area contributed by atoms with Crippen molar-refractivity contribution in [1.82, 2.24) is 0 Å². The van der Waals surface area contributed by atoms with Crippen LogP contribution in [0.5, 0.6) is 0 Å². The van der Waals surface area contributed by atoms with Crippen LogP contribution in [0.25, 0.3) is 0 Å². The number of hydrogen-bond donors (Lipinski definition) is 1. The van der Waals surface area contributed by atoms with E-state index in [9.17, 15) is 0 Å². The summed E-state index contributed by atoms with van der Waals surface area (Å²) >= 11 is 3.23. The zero-order valence-electron chi connectivity index (χ0n) is 4.35. The first-order valence-corrected chi connectivity index (χ1v) is 2.73. The van der Waals surface area contributed by atoms with Crippen molar-refractivity contribution in [3.8, 4) is 0 Å². The maximum absolute atomic E-state index is 7.94. The van der Waals surface area contributed by atoms with E-state index in [1.807, 2.05) is 13.8 Å². The van der Waals surface area contributed by atoms with Gasteiger partial charge in [-0.3, -0.25) is 0 Å². The molecule has 42 valence electrons. The summed E-state index contributed by atoms with van der Waals surface area (Å²) in [5, 5.41) is 10.8. The van der Waals surface area contributed by atoms with Crippen LogP contribution in [0.1, 0.15) is 13.8 Å². The van der Waals surface area contributed by atoms with Gasteiger partial charge >= 0.3 is 0 Å². The van der Waals surface area contributed by atoms with E-state index in [0.717, 1.165) is 0 Å². The summed E-state index contributed by atoms with van der Waals surface area (Å²) in [7, 11) is 0. The molecule has 0 saturated carbocycles. The predicted octanol–water partition coefficient (Wildman–Crippen LogP) is 1.62. The van der Waals surface area contributed by atoms with Crippen molar-refractivity contribution in [2.75, 3.05) is 0 Å². The van der Waals surface area contributed by atoms with E-state index in [-0.39, 0.29) is 4.32 Å². The summed E-state index contributed by atoms with van der Waals surface area (Å²) in [4.78, 5) is 0. The van der Waals surface area contributed by atoms with Crippen LogP contribution >= 0.6 is 15.9 Å². The van der Waals surface area contributed by atoms with E-state index >= 15 is 0 Å². The molecule has 0 atom stereocenters. The van der Waals surface area contributed by atoms with Crippen molar-refractivity contribution in [3.63, 3.8) is 0 Å². The average molecular weight is 166 g/mol. The number of nitrogens with zero attached hydrogens (tertiary/aromatic N) is 1. The normalized spacial score (nSPS) is 13.0. The van der Waals surface area contributed by atoms with Crippen molar-refractivity contribution >= 4 is 22.1 Å². The molecule has 0 fully saturated rings. The van der Waals surface area contributed by atoms with Crippen LogP contribution < -0.4 is 0 Å². The maximum atomic E-state index is 7.94. The third-order valence-corrected chi connectivity index (χ3v) is 0.569. The van der Waals surface area contributed by atoms with Crippen LogP contribution in [0.15, 0.2) is 5.16 Å². The Labute approximate surface area is 51.3 Å². The minimum absolute atomic E-state index is 0.179. The predicted molar refractivity (Wildman–Crippen MR) is 33.3 cm³/mol. The molecule has 2 nitrogen and oxygen atoms in total.